The largest absolute Gasteiger partial charge is 0.350 e. The van der Waals surface area contributed by atoms with Crippen LogP contribution in [0.25, 0.3) is 0 Å². The normalized spacial score (nSPS) is 10.8. The van der Waals surface area contributed by atoms with Gasteiger partial charge in [0.1, 0.15) is 11.6 Å². The molecular weight excluding hydrogens is 285 g/mol. The molecular formula is C11H14Cl2F2N2O. The Morgan fingerprint density at radius 3 is 2.44 bits per heavy atom. The Morgan fingerprint density at radius 2 is 1.94 bits per heavy atom. The fourth-order valence-corrected chi connectivity index (χ4v) is 1.25. The van der Waals surface area contributed by atoms with E-state index in [4.69, 9.17) is 17.3 Å². The van der Waals surface area contributed by atoms with Gasteiger partial charge in [-0.15, -0.1) is 12.4 Å². The van der Waals surface area contributed by atoms with E-state index in [-0.39, 0.29) is 24.0 Å². The van der Waals surface area contributed by atoms with Crippen molar-refractivity contribution in [3.63, 3.8) is 0 Å². The number of rotatable bonds is 3. The maximum atomic E-state index is 13.4. The van der Waals surface area contributed by atoms with Crippen LogP contribution in [-0.4, -0.2) is 18.0 Å². The van der Waals surface area contributed by atoms with Crippen LogP contribution in [0.3, 0.4) is 0 Å². The number of nitrogens with one attached hydrogen (secondary N) is 1. The highest BCUT2D eigenvalue weighted by Gasteiger charge is 2.18. The number of carbonyl (C=O) groups is 1. The molecule has 0 radical (unpaired) electrons. The molecule has 0 aliphatic rings. The zero-order valence-corrected chi connectivity index (χ0v) is 11.5. The first kappa shape index (κ1) is 17.1. The first-order chi connectivity index (χ1) is 7.70. The average Bonchev–Trinajstić information content (AvgIpc) is 2.19. The summed E-state index contributed by atoms with van der Waals surface area (Å²) in [6.07, 6.45) is 0. The number of hydrogen-bond acceptors (Lipinski definition) is 2. The number of hydrogen-bond donors (Lipinski definition) is 2. The van der Waals surface area contributed by atoms with Gasteiger partial charge < -0.3 is 11.1 Å². The molecule has 0 saturated heterocycles. The molecule has 7 heteroatoms. The van der Waals surface area contributed by atoms with Crippen molar-refractivity contribution in [3.8, 4) is 0 Å². The quantitative estimate of drug-likeness (QED) is 0.843. The van der Waals surface area contributed by atoms with Gasteiger partial charge in [-0.25, -0.2) is 8.78 Å². The van der Waals surface area contributed by atoms with Crippen LogP contribution >= 0.6 is 24.0 Å². The molecule has 1 aromatic carbocycles. The highest BCUT2D eigenvalue weighted by molar-refractivity contribution is 6.30. The van der Waals surface area contributed by atoms with Crippen molar-refractivity contribution in [1.29, 1.82) is 0 Å². The molecule has 0 bridgehead atoms. The Kier molecular flexibility index (Phi) is 5.99. The molecule has 0 saturated carbocycles. The van der Waals surface area contributed by atoms with Crippen LogP contribution in [0, 0.1) is 11.6 Å². The summed E-state index contributed by atoms with van der Waals surface area (Å²) in [5.74, 6) is -2.44. The van der Waals surface area contributed by atoms with Gasteiger partial charge in [0.2, 0.25) is 0 Å². The van der Waals surface area contributed by atoms with Crippen molar-refractivity contribution in [2.24, 2.45) is 5.73 Å². The van der Waals surface area contributed by atoms with Gasteiger partial charge >= 0.3 is 0 Å². The number of halogens is 4. The van der Waals surface area contributed by atoms with Gasteiger partial charge in [0, 0.05) is 12.1 Å². The Bertz CT molecular complexity index is 447. The van der Waals surface area contributed by atoms with Gasteiger partial charge in [0.05, 0.1) is 10.6 Å². The van der Waals surface area contributed by atoms with Gasteiger partial charge in [-0.05, 0) is 26.0 Å². The first-order valence-electron chi connectivity index (χ1n) is 4.92. The van der Waals surface area contributed by atoms with Gasteiger partial charge in [0.25, 0.3) is 5.91 Å². The molecule has 0 spiro atoms. The van der Waals surface area contributed by atoms with E-state index in [0.29, 0.717) is 0 Å². The summed E-state index contributed by atoms with van der Waals surface area (Å²) in [6.45, 7) is 3.55. The molecule has 3 nitrogen and oxygen atoms in total. The molecule has 0 atom stereocenters. The second kappa shape index (κ2) is 6.31. The lowest BCUT2D eigenvalue weighted by atomic mass is 10.1. The van der Waals surface area contributed by atoms with Crippen LogP contribution in [0.2, 0.25) is 5.02 Å². The fourth-order valence-electron chi connectivity index (χ4n) is 1.10. The van der Waals surface area contributed by atoms with Crippen LogP contribution in [0.5, 0.6) is 0 Å². The number of nitrogens with two attached hydrogens (primary N) is 1. The maximum Gasteiger partial charge on any atom is 0.254 e. The average molecular weight is 299 g/mol. The monoisotopic (exact) mass is 298 g/mol. The summed E-state index contributed by atoms with van der Waals surface area (Å²) in [5, 5.41) is 2.05. The predicted molar refractivity (Wildman–Crippen MR) is 69.2 cm³/mol. The number of benzene rings is 1. The third-order valence-electron chi connectivity index (χ3n) is 1.96. The Hall–Kier alpha value is -0.910. The van der Waals surface area contributed by atoms with E-state index in [0.717, 1.165) is 12.1 Å². The first-order valence-corrected chi connectivity index (χ1v) is 5.30. The summed E-state index contributed by atoms with van der Waals surface area (Å²) in [7, 11) is 0. The minimum Gasteiger partial charge on any atom is -0.350 e. The van der Waals surface area contributed by atoms with E-state index in [9.17, 15) is 13.6 Å². The molecule has 0 heterocycles. The van der Waals surface area contributed by atoms with E-state index < -0.39 is 28.6 Å². The van der Waals surface area contributed by atoms with Crippen LogP contribution < -0.4 is 11.1 Å². The third-order valence-corrected chi connectivity index (χ3v) is 2.25. The van der Waals surface area contributed by atoms with Crippen molar-refractivity contribution in [3.05, 3.63) is 34.4 Å². The summed E-state index contributed by atoms with van der Waals surface area (Å²) in [4.78, 5) is 11.6. The molecule has 0 unspecified atom stereocenters. The van der Waals surface area contributed by atoms with E-state index in [1.165, 1.54) is 0 Å². The molecule has 3 N–H and O–H groups in total. The molecule has 0 fully saturated rings. The Balaban J connectivity index is 0.00000289. The molecule has 0 aliphatic carbocycles. The predicted octanol–water partition coefficient (Wildman–Crippen LogP) is 2.51. The lowest BCUT2D eigenvalue weighted by molar-refractivity contribution is 0.0941. The van der Waals surface area contributed by atoms with E-state index >= 15 is 0 Å². The highest BCUT2D eigenvalue weighted by Crippen LogP contribution is 2.19. The smallest absolute Gasteiger partial charge is 0.254 e. The van der Waals surface area contributed by atoms with Crippen LogP contribution in [0.1, 0.15) is 24.2 Å². The molecule has 18 heavy (non-hydrogen) atoms. The van der Waals surface area contributed by atoms with Gasteiger partial charge in [-0.3, -0.25) is 4.79 Å². The summed E-state index contributed by atoms with van der Waals surface area (Å²) < 4.78 is 26.4. The standard InChI is InChI=1S/C11H13ClF2N2O.ClH/c1-11(2,15)5-16-10(17)6-3-9(14)7(12)4-8(6)13;/h3-4H,5,15H2,1-2H3,(H,16,17);1H. The fraction of sp³-hybridized carbons (Fsp3) is 0.364. The third kappa shape index (κ3) is 4.76. The van der Waals surface area contributed by atoms with E-state index in [2.05, 4.69) is 5.32 Å². The molecule has 1 amide bonds. The van der Waals surface area contributed by atoms with Crippen LogP contribution in [0.15, 0.2) is 12.1 Å². The summed E-state index contributed by atoms with van der Waals surface area (Å²) in [6, 6.07) is 1.52. The minimum absolute atomic E-state index is 0. The van der Waals surface area contributed by atoms with Crippen LogP contribution in [-0.2, 0) is 0 Å². The summed E-state index contributed by atoms with van der Waals surface area (Å²) in [5.41, 5.74) is 4.63. The van der Waals surface area contributed by atoms with Crippen molar-refractivity contribution >= 4 is 29.9 Å². The van der Waals surface area contributed by atoms with E-state index in [1.807, 2.05) is 0 Å². The van der Waals surface area contributed by atoms with Crippen molar-refractivity contribution in [1.82, 2.24) is 5.32 Å². The zero-order chi connectivity index (χ0) is 13.2. The minimum atomic E-state index is -0.872. The van der Waals surface area contributed by atoms with Crippen LogP contribution in [0.4, 0.5) is 8.78 Å². The van der Waals surface area contributed by atoms with Crippen molar-refractivity contribution < 1.29 is 13.6 Å². The van der Waals surface area contributed by atoms with Gasteiger partial charge in [-0.1, -0.05) is 11.6 Å². The zero-order valence-electron chi connectivity index (χ0n) is 9.89. The lowest BCUT2D eigenvalue weighted by Gasteiger charge is -2.19. The second-order valence-electron chi connectivity index (χ2n) is 4.42. The maximum absolute atomic E-state index is 13.4. The SMILES string of the molecule is CC(C)(N)CNC(=O)c1cc(F)c(Cl)cc1F.Cl. The molecule has 102 valence electrons. The Morgan fingerprint density at radius 1 is 1.39 bits per heavy atom. The Labute approximate surface area is 115 Å². The molecule has 1 rings (SSSR count). The van der Waals surface area contributed by atoms with Crippen molar-refractivity contribution in [2.75, 3.05) is 6.54 Å². The molecule has 0 aliphatic heterocycles. The van der Waals surface area contributed by atoms with Gasteiger partial charge in [0.15, 0.2) is 0 Å². The second-order valence-corrected chi connectivity index (χ2v) is 4.82. The molecule has 0 aromatic heterocycles. The van der Waals surface area contributed by atoms with Gasteiger partial charge in [-0.2, -0.15) is 0 Å². The number of amides is 1. The van der Waals surface area contributed by atoms with Crippen molar-refractivity contribution in [2.45, 2.75) is 19.4 Å². The van der Waals surface area contributed by atoms with E-state index in [1.54, 1.807) is 13.8 Å². The molecule has 1 aromatic rings. The number of carbonyl (C=O) groups excluding carboxylic acids is 1. The summed E-state index contributed by atoms with van der Waals surface area (Å²) >= 11 is 5.37. The lowest BCUT2D eigenvalue weighted by Crippen LogP contribution is -2.45. The topological polar surface area (TPSA) is 55.1 Å². The highest BCUT2D eigenvalue weighted by atomic mass is 35.5.